The monoisotopic (exact) mass is 572 g/mol. The van der Waals surface area contributed by atoms with Crippen LogP contribution >= 0.6 is 0 Å². The number of rotatable bonds is 5. The zero-order valence-corrected chi connectivity index (χ0v) is 23.9. The van der Waals surface area contributed by atoms with E-state index in [0.29, 0.717) is 31.1 Å². The molecular formula is C32H44N8O2. The lowest BCUT2D eigenvalue weighted by atomic mass is 10.1. The molecule has 1 fully saturated rings. The number of aromatic nitrogens is 2. The minimum Gasteiger partial charge on any atom is -0.350 e. The van der Waals surface area contributed by atoms with E-state index in [2.05, 4.69) is 53.2 Å². The Balaban J connectivity index is 0.00000405. The van der Waals surface area contributed by atoms with Crippen LogP contribution < -0.4 is 21.3 Å². The van der Waals surface area contributed by atoms with Crippen molar-refractivity contribution in [1.82, 2.24) is 30.4 Å². The first kappa shape index (κ1) is 30.9. The standard InChI is InChI=1S/C31H40N8O2.CH4/c1-38(2)14-4-3-12-26-30(40)32-19-22-8-5-10-24(16-22)35-28-18-29(34-21-33-28)36-25-11-6-9-23(17-25)20-39-15-7-13-27(39)31(41)37-26;/h5-6,8-11,16-18,21,26-27H,3-4,7,12-15,19-20H2,1-2H3,(H,32,40)(H,37,41)(H2,33,34,35,36);1H4/t26-,27?;/m0./s1. The first-order chi connectivity index (χ1) is 19.9. The van der Waals surface area contributed by atoms with E-state index in [-0.39, 0.29) is 25.3 Å². The number of hydrogen-bond acceptors (Lipinski definition) is 8. The fourth-order valence-electron chi connectivity index (χ4n) is 5.47. The quantitative estimate of drug-likeness (QED) is 0.333. The van der Waals surface area contributed by atoms with Gasteiger partial charge in [-0.1, -0.05) is 31.7 Å². The van der Waals surface area contributed by atoms with E-state index >= 15 is 0 Å². The second-order valence-corrected chi connectivity index (χ2v) is 11.1. The van der Waals surface area contributed by atoms with Gasteiger partial charge < -0.3 is 26.2 Å². The van der Waals surface area contributed by atoms with Crippen molar-refractivity contribution in [1.29, 1.82) is 0 Å². The predicted octanol–water partition coefficient (Wildman–Crippen LogP) is 4.41. The first-order valence-electron chi connectivity index (χ1n) is 14.4. The van der Waals surface area contributed by atoms with Gasteiger partial charge in [0, 0.05) is 30.5 Å². The van der Waals surface area contributed by atoms with E-state index < -0.39 is 6.04 Å². The molecule has 2 atom stereocenters. The fraction of sp³-hybridized carbons (Fsp3) is 0.438. The molecule has 5 rings (SSSR count). The number of anilines is 4. The minimum atomic E-state index is -0.578. The molecule has 10 heteroatoms. The Kier molecular flexibility index (Phi) is 10.9. The molecule has 2 aliphatic heterocycles. The van der Waals surface area contributed by atoms with Crippen LogP contribution in [0.2, 0.25) is 0 Å². The van der Waals surface area contributed by atoms with Crippen molar-refractivity contribution in [2.75, 3.05) is 37.8 Å². The second-order valence-electron chi connectivity index (χ2n) is 11.1. The molecule has 0 radical (unpaired) electrons. The number of nitrogens with zero attached hydrogens (tertiary/aromatic N) is 4. The Morgan fingerprint density at radius 1 is 0.905 bits per heavy atom. The number of nitrogens with one attached hydrogen (secondary N) is 4. The molecule has 3 aromatic rings. The Bertz CT molecular complexity index is 1350. The van der Waals surface area contributed by atoms with E-state index in [1.165, 1.54) is 6.33 Å². The number of amides is 2. The van der Waals surface area contributed by atoms with Gasteiger partial charge in [0.1, 0.15) is 24.0 Å². The SMILES string of the molecule is C.CN(C)CCCC[C@@H]1NC(=O)C2CCCN2Cc2cccc(c2)Nc2cc(ncn2)Nc2cccc(c2)CNC1=O. The maximum absolute atomic E-state index is 13.6. The Morgan fingerprint density at radius 2 is 1.60 bits per heavy atom. The molecule has 1 aromatic heterocycles. The van der Waals surface area contributed by atoms with Gasteiger partial charge in [-0.3, -0.25) is 14.5 Å². The Morgan fingerprint density at radius 3 is 2.31 bits per heavy atom. The van der Waals surface area contributed by atoms with E-state index in [1.807, 2.05) is 56.6 Å². The normalized spacial score (nSPS) is 19.4. The fourth-order valence-corrected chi connectivity index (χ4v) is 5.47. The van der Waals surface area contributed by atoms with Gasteiger partial charge in [0.2, 0.25) is 11.8 Å². The number of fused-ring (bicyclic) bond motifs is 7. The van der Waals surface area contributed by atoms with Gasteiger partial charge in [-0.15, -0.1) is 0 Å². The van der Waals surface area contributed by atoms with Gasteiger partial charge in [0.05, 0.1) is 6.04 Å². The summed E-state index contributed by atoms with van der Waals surface area (Å²) >= 11 is 0. The van der Waals surface area contributed by atoms with Crippen LogP contribution in [0.5, 0.6) is 0 Å². The van der Waals surface area contributed by atoms with Crippen LogP contribution in [-0.4, -0.2) is 70.9 Å². The van der Waals surface area contributed by atoms with Crippen LogP contribution in [0.1, 0.15) is 50.7 Å². The van der Waals surface area contributed by atoms with Gasteiger partial charge in [-0.05, 0) is 94.7 Å². The van der Waals surface area contributed by atoms with Crippen LogP contribution in [0.25, 0.3) is 0 Å². The molecule has 42 heavy (non-hydrogen) atoms. The van der Waals surface area contributed by atoms with Gasteiger partial charge in [0.15, 0.2) is 0 Å². The highest BCUT2D eigenvalue weighted by Crippen LogP contribution is 2.24. The van der Waals surface area contributed by atoms with Gasteiger partial charge >= 0.3 is 0 Å². The summed E-state index contributed by atoms with van der Waals surface area (Å²) in [5.41, 5.74) is 3.82. The molecule has 10 nitrogen and oxygen atoms in total. The van der Waals surface area contributed by atoms with E-state index in [9.17, 15) is 9.59 Å². The maximum Gasteiger partial charge on any atom is 0.242 e. The van der Waals surface area contributed by atoms with E-state index in [4.69, 9.17) is 0 Å². The summed E-state index contributed by atoms with van der Waals surface area (Å²) in [5.74, 6) is 1.11. The van der Waals surface area contributed by atoms with Gasteiger partial charge in [0.25, 0.3) is 0 Å². The summed E-state index contributed by atoms with van der Waals surface area (Å²) in [6.07, 6.45) is 5.67. The molecule has 0 spiro atoms. The number of carbonyl (C=O) groups excluding carboxylic acids is 2. The molecule has 0 aliphatic carbocycles. The third-order valence-electron chi connectivity index (χ3n) is 7.57. The van der Waals surface area contributed by atoms with Crippen LogP contribution in [0.4, 0.5) is 23.0 Å². The van der Waals surface area contributed by atoms with Crippen molar-refractivity contribution in [3.8, 4) is 0 Å². The molecular weight excluding hydrogens is 528 g/mol. The highest BCUT2D eigenvalue weighted by molar-refractivity contribution is 5.90. The van der Waals surface area contributed by atoms with E-state index in [0.717, 1.165) is 61.3 Å². The highest BCUT2D eigenvalue weighted by Gasteiger charge is 2.33. The average Bonchev–Trinajstić information content (AvgIpc) is 3.41. The van der Waals surface area contributed by atoms with Gasteiger partial charge in [-0.25, -0.2) is 9.97 Å². The molecule has 2 amide bonds. The van der Waals surface area contributed by atoms with Crippen molar-refractivity contribution in [2.24, 2.45) is 0 Å². The first-order valence-corrected chi connectivity index (χ1v) is 14.4. The molecule has 0 saturated carbocycles. The van der Waals surface area contributed by atoms with Crippen LogP contribution in [0.3, 0.4) is 0 Å². The molecule has 2 aromatic carbocycles. The smallest absolute Gasteiger partial charge is 0.242 e. The lowest BCUT2D eigenvalue weighted by molar-refractivity contribution is -0.131. The molecule has 3 heterocycles. The highest BCUT2D eigenvalue weighted by atomic mass is 16.2. The van der Waals surface area contributed by atoms with Crippen LogP contribution in [0, 0.1) is 0 Å². The second kappa shape index (κ2) is 14.7. The molecule has 2 aliphatic rings. The summed E-state index contributed by atoms with van der Waals surface area (Å²) in [4.78, 5) is 40.1. The van der Waals surface area contributed by atoms with Crippen molar-refractivity contribution in [3.05, 3.63) is 72.1 Å². The lowest BCUT2D eigenvalue weighted by Gasteiger charge is -2.26. The molecule has 224 valence electrons. The predicted molar refractivity (Wildman–Crippen MR) is 168 cm³/mol. The number of unbranched alkanes of at least 4 members (excludes halogenated alkanes) is 1. The molecule has 1 saturated heterocycles. The number of benzene rings is 2. The van der Waals surface area contributed by atoms with E-state index in [1.54, 1.807) is 0 Å². The zero-order valence-electron chi connectivity index (χ0n) is 23.9. The largest absolute Gasteiger partial charge is 0.350 e. The zero-order chi connectivity index (χ0) is 28.6. The summed E-state index contributed by atoms with van der Waals surface area (Å²) in [7, 11) is 4.09. The third kappa shape index (κ3) is 8.50. The summed E-state index contributed by atoms with van der Waals surface area (Å²) in [6, 6.07) is 17.0. The van der Waals surface area contributed by atoms with Crippen LogP contribution in [-0.2, 0) is 22.7 Å². The maximum atomic E-state index is 13.6. The Labute approximate surface area is 249 Å². The van der Waals surface area contributed by atoms with Gasteiger partial charge in [-0.2, -0.15) is 0 Å². The minimum absolute atomic E-state index is 0. The van der Waals surface area contributed by atoms with Crippen molar-refractivity contribution in [2.45, 2.75) is 64.7 Å². The van der Waals surface area contributed by atoms with Crippen molar-refractivity contribution < 1.29 is 9.59 Å². The average molecular weight is 573 g/mol. The molecule has 4 N–H and O–H groups in total. The lowest BCUT2D eigenvalue weighted by Crippen LogP contribution is -2.52. The number of hydrogen-bond donors (Lipinski definition) is 4. The molecule has 6 bridgehead atoms. The summed E-state index contributed by atoms with van der Waals surface area (Å²) in [5, 5.41) is 12.9. The third-order valence-corrected chi connectivity index (χ3v) is 7.57. The van der Waals surface area contributed by atoms with Crippen molar-refractivity contribution >= 4 is 34.8 Å². The summed E-state index contributed by atoms with van der Waals surface area (Å²) in [6.45, 7) is 2.80. The Hall–Kier alpha value is -4.02. The van der Waals surface area contributed by atoms with Crippen LogP contribution in [0.15, 0.2) is 60.9 Å². The topological polar surface area (TPSA) is 115 Å². The number of carbonyl (C=O) groups is 2. The summed E-state index contributed by atoms with van der Waals surface area (Å²) < 4.78 is 0. The molecule has 1 unspecified atom stereocenters. The van der Waals surface area contributed by atoms with Crippen molar-refractivity contribution in [3.63, 3.8) is 0 Å².